The van der Waals surface area contributed by atoms with Gasteiger partial charge in [0.25, 0.3) is 0 Å². The highest BCUT2D eigenvalue weighted by Gasteiger charge is 2.27. The predicted molar refractivity (Wildman–Crippen MR) is 85.7 cm³/mol. The molecule has 0 saturated carbocycles. The number of rotatable bonds is 3. The molecule has 0 unspecified atom stereocenters. The fourth-order valence-corrected chi connectivity index (χ4v) is 3.48. The number of nitrogens with zero attached hydrogens (tertiary/aromatic N) is 2. The first kappa shape index (κ1) is 14.6. The summed E-state index contributed by atoms with van der Waals surface area (Å²) in [5, 5.41) is 4.13. The second-order valence-corrected chi connectivity index (χ2v) is 6.31. The molecule has 3 heterocycles. The lowest BCUT2D eigenvalue weighted by molar-refractivity contribution is 0.239. The van der Waals surface area contributed by atoms with Crippen LogP contribution < -0.4 is 9.47 Å². The van der Waals surface area contributed by atoms with E-state index in [1.807, 2.05) is 19.1 Å². The molecule has 0 radical (unpaired) electrons. The molecule has 1 aromatic heterocycles. The number of ether oxygens (including phenoxy) is 2. The van der Waals surface area contributed by atoms with Crippen LogP contribution in [0, 0.1) is 6.92 Å². The average molecular weight is 314 g/mol. The van der Waals surface area contributed by atoms with E-state index in [1.165, 1.54) is 12.0 Å². The summed E-state index contributed by atoms with van der Waals surface area (Å²) in [5.74, 6) is 2.61. The predicted octanol–water partition coefficient (Wildman–Crippen LogP) is 3.48. The number of aromatic nitrogens is 1. The fourth-order valence-electron chi connectivity index (χ4n) is 3.48. The second-order valence-electron chi connectivity index (χ2n) is 6.31. The van der Waals surface area contributed by atoms with Crippen LogP contribution in [0.15, 0.2) is 28.8 Å². The molecule has 1 fully saturated rings. The third-order valence-corrected chi connectivity index (χ3v) is 4.56. The highest BCUT2D eigenvalue weighted by atomic mass is 16.5. The standard InChI is InChI=1S/C18H22N2O3/c1-13-10-15(19-23-13)12-20-7-2-4-16(20)14-5-6-17-18(11-14)22-9-3-8-21-17/h5-6,10-11,16H,2-4,7-9,12H2,1H3/t16-/m0/s1. The normalized spacial score (nSPS) is 21.3. The third kappa shape index (κ3) is 3.06. The van der Waals surface area contributed by atoms with Crippen LogP contribution in [0.3, 0.4) is 0 Å². The molecule has 5 nitrogen and oxygen atoms in total. The van der Waals surface area contributed by atoms with Gasteiger partial charge < -0.3 is 14.0 Å². The van der Waals surface area contributed by atoms with Crippen molar-refractivity contribution in [3.63, 3.8) is 0 Å². The van der Waals surface area contributed by atoms with Gasteiger partial charge in [-0.25, -0.2) is 0 Å². The van der Waals surface area contributed by atoms with Gasteiger partial charge >= 0.3 is 0 Å². The molecule has 2 aliphatic heterocycles. The SMILES string of the molecule is Cc1cc(CN2CCC[C@H]2c2ccc3c(c2)OCCCO3)no1. The van der Waals surface area contributed by atoms with E-state index < -0.39 is 0 Å². The van der Waals surface area contributed by atoms with Gasteiger partial charge in [0, 0.05) is 25.1 Å². The van der Waals surface area contributed by atoms with Gasteiger partial charge in [-0.05, 0) is 44.0 Å². The van der Waals surface area contributed by atoms with Gasteiger partial charge in [0.1, 0.15) is 5.76 Å². The summed E-state index contributed by atoms with van der Waals surface area (Å²) < 4.78 is 16.8. The maximum Gasteiger partial charge on any atom is 0.161 e. The third-order valence-electron chi connectivity index (χ3n) is 4.56. The van der Waals surface area contributed by atoms with Crippen LogP contribution >= 0.6 is 0 Å². The van der Waals surface area contributed by atoms with Crippen LogP contribution in [-0.2, 0) is 6.54 Å². The van der Waals surface area contributed by atoms with Crippen LogP contribution in [0.5, 0.6) is 11.5 Å². The van der Waals surface area contributed by atoms with Crippen LogP contribution in [0.25, 0.3) is 0 Å². The molecule has 0 bridgehead atoms. The van der Waals surface area contributed by atoms with Crippen molar-refractivity contribution in [2.45, 2.75) is 38.8 Å². The average Bonchev–Trinajstić information content (AvgIpc) is 3.10. The van der Waals surface area contributed by atoms with Gasteiger partial charge in [-0.1, -0.05) is 11.2 Å². The van der Waals surface area contributed by atoms with Gasteiger partial charge in [0.15, 0.2) is 11.5 Å². The van der Waals surface area contributed by atoms with Gasteiger partial charge in [0.2, 0.25) is 0 Å². The van der Waals surface area contributed by atoms with Crippen molar-refractivity contribution in [3.8, 4) is 11.5 Å². The Hall–Kier alpha value is -2.01. The van der Waals surface area contributed by atoms with E-state index in [0.717, 1.165) is 62.1 Å². The topological polar surface area (TPSA) is 47.7 Å². The molecule has 2 aliphatic rings. The maximum absolute atomic E-state index is 5.83. The van der Waals surface area contributed by atoms with Crippen molar-refractivity contribution in [1.29, 1.82) is 0 Å². The smallest absolute Gasteiger partial charge is 0.161 e. The molecule has 0 spiro atoms. The van der Waals surface area contributed by atoms with Crippen molar-refractivity contribution in [2.24, 2.45) is 0 Å². The first-order chi connectivity index (χ1) is 11.3. The summed E-state index contributed by atoms with van der Waals surface area (Å²) >= 11 is 0. The van der Waals surface area contributed by atoms with Gasteiger partial charge in [0.05, 0.1) is 18.9 Å². The molecule has 0 aliphatic carbocycles. The zero-order chi connectivity index (χ0) is 15.6. The molecule has 23 heavy (non-hydrogen) atoms. The highest BCUT2D eigenvalue weighted by Crippen LogP contribution is 2.38. The quantitative estimate of drug-likeness (QED) is 0.868. The van der Waals surface area contributed by atoms with E-state index in [-0.39, 0.29) is 0 Å². The Morgan fingerprint density at radius 3 is 2.83 bits per heavy atom. The van der Waals surface area contributed by atoms with E-state index >= 15 is 0 Å². The maximum atomic E-state index is 5.83. The summed E-state index contributed by atoms with van der Waals surface area (Å²) in [6.45, 7) is 5.31. The van der Waals surface area contributed by atoms with Crippen molar-refractivity contribution in [3.05, 3.63) is 41.3 Å². The Kier molecular flexibility index (Phi) is 3.95. The molecule has 1 saturated heterocycles. The van der Waals surface area contributed by atoms with Crippen LogP contribution in [0.1, 0.15) is 42.3 Å². The Morgan fingerprint density at radius 1 is 1.13 bits per heavy atom. The minimum atomic E-state index is 0.407. The number of benzene rings is 1. The molecule has 0 N–H and O–H groups in total. The number of hydrogen-bond donors (Lipinski definition) is 0. The van der Waals surface area contributed by atoms with E-state index in [1.54, 1.807) is 0 Å². The van der Waals surface area contributed by atoms with Gasteiger partial charge in [-0.3, -0.25) is 4.90 Å². The number of fused-ring (bicyclic) bond motifs is 1. The largest absolute Gasteiger partial charge is 0.490 e. The first-order valence-corrected chi connectivity index (χ1v) is 8.35. The lowest BCUT2D eigenvalue weighted by Crippen LogP contribution is -2.23. The molecule has 1 aromatic carbocycles. The molecule has 5 heteroatoms. The van der Waals surface area contributed by atoms with E-state index in [4.69, 9.17) is 14.0 Å². The highest BCUT2D eigenvalue weighted by molar-refractivity contribution is 5.44. The molecule has 1 atom stereocenters. The van der Waals surface area contributed by atoms with Gasteiger partial charge in [-0.2, -0.15) is 0 Å². The van der Waals surface area contributed by atoms with E-state index in [0.29, 0.717) is 6.04 Å². The number of likely N-dealkylation sites (tertiary alicyclic amines) is 1. The van der Waals surface area contributed by atoms with Crippen LogP contribution in [0.2, 0.25) is 0 Å². The Labute approximate surface area is 136 Å². The minimum absolute atomic E-state index is 0.407. The summed E-state index contributed by atoms with van der Waals surface area (Å²) in [4.78, 5) is 2.47. The van der Waals surface area contributed by atoms with Crippen molar-refractivity contribution in [1.82, 2.24) is 10.1 Å². The molecule has 122 valence electrons. The summed E-state index contributed by atoms with van der Waals surface area (Å²) in [5.41, 5.74) is 2.30. The summed E-state index contributed by atoms with van der Waals surface area (Å²) in [7, 11) is 0. The van der Waals surface area contributed by atoms with Crippen molar-refractivity contribution >= 4 is 0 Å². The van der Waals surface area contributed by atoms with Crippen LogP contribution in [-0.4, -0.2) is 29.8 Å². The molecule has 2 aromatic rings. The molecule has 0 amide bonds. The van der Waals surface area contributed by atoms with Crippen LogP contribution in [0.4, 0.5) is 0 Å². The zero-order valence-electron chi connectivity index (χ0n) is 13.5. The summed E-state index contributed by atoms with van der Waals surface area (Å²) in [6.07, 6.45) is 3.30. The fraction of sp³-hybridized carbons (Fsp3) is 0.500. The van der Waals surface area contributed by atoms with Crippen molar-refractivity contribution in [2.75, 3.05) is 19.8 Å². The lowest BCUT2D eigenvalue weighted by atomic mass is 10.0. The Morgan fingerprint density at radius 2 is 2.00 bits per heavy atom. The minimum Gasteiger partial charge on any atom is -0.490 e. The second kappa shape index (κ2) is 6.24. The monoisotopic (exact) mass is 314 g/mol. The molecule has 4 rings (SSSR count). The van der Waals surface area contributed by atoms with Gasteiger partial charge in [-0.15, -0.1) is 0 Å². The lowest BCUT2D eigenvalue weighted by Gasteiger charge is -2.24. The zero-order valence-corrected chi connectivity index (χ0v) is 13.5. The number of hydrogen-bond acceptors (Lipinski definition) is 5. The molecular weight excluding hydrogens is 292 g/mol. The Bertz CT molecular complexity index is 683. The summed E-state index contributed by atoms with van der Waals surface area (Å²) in [6, 6.07) is 8.79. The van der Waals surface area contributed by atoms with E-state index in [9.17, 15) is 0 Å². The van der Waals surface area contributed by atoms with Crippen molar-refractivity contribution < 1.29 is 14.0 Å². The number of aryl methyl sites for hydroxylation is 1. The Balaban J connectivity index is 1.55. The molecular formula is C18H22N2O3. The van der Waals surface area contributed by atoms with E-state index in [2.05, 4.69) is 22.2 Å². The first-order valence-electron chi connectivity index (χ1n) is 8.35.